The van der Waals surface area contributed by atoms with E-state index < -0.39 is 18.2 Å². The lowest BCUT2D eigenvalue weighted by atomic mass is 10.3. The lowest BCUT2D eigenvalue weighted by Gasteiger charge is -2.13. The van der Waals surface area contributed by atoms with Crippen molar-refractivity contribution in [2.24, 2.45) is 0 Å². The number of phenols is 1. The highest BCUT2D eigenvalue weighted by Gasteiger charge is 2.15. The summed E-state index contributed by atoms with van der Waals surface area (Å²) in [6, 6.07) is 14.6. The Kier molecular flexibility index (Phi) is 16.0. The molecular formula is C22H27I2O7+. The van der Waals surface area contributed by atoms with Gasteiger partial charge in [0.25, 0.3) is 0 Å². The van der Waals surface area contributed by atoms with Gasteiger partial charge in [-0.3, -0.25) is 0 Å². The first-order valence-corrected chi connectivity index (χ1v) is 11.4. The maximum Gasteiger partial charge on any atom is 0.347 e. The molecule has 2 aromatic carbocycles. The Morgan fingerprint density at radius 2 is 1.42 bits per heavy atom. The molecule has 2 rings (SSSR count). The molecule has 7 nitrogen and oxygen atoms in total. The average Bonchev–Trinajstić information content (AvgIpc) is 2.73. The first-order valence-electron chi connectivity index (χ1n) is 9.28. The van der Waals surface area contributed by atoms with Crippen molar-refractivity contribution in [1.82, 2.24) is 0 Å². The molecule has 9 heteroatoms. The number of hydrogen-bond donors (Lipinski definition) is 2. The van der Waals surface area contributed by atoms with Gasteiger partial charge < -0.3 is 24.4 Å². The number of hydrogen-bond acceptors (Lipinski definition) is 7. The van der Waals surface area contributed by atoms with E-state index in [1.807, 2.05) is 36.4 Å². The van der Waals surface area contributed by atoms with Gasteiger partial charge in [0, 0.05) is 7.14 Å². The molecule has 0 aliphatic heterocycles. The van der Waals surface area contributed by atoms with Crippen molar-refractivity contribution in [1.29, 1.82) is 0 Å². The Morgan fingerprint density at radius 1 is 0.935 bits per heavy atom. The molecule has 0 fully saturated rings. The highest BCUT2D eigenvalue weighted by atomic mass is 127. The molecule has 2 N–H and O–H groups in total. The van der Waals surface area contributed by atoms with Crippen LogP contribution in [0.3, 0.4) is 0 Å². The maximum absolute atomic E-state index is 11.3. The van der Waals surface area contributed by atoms with Crippen molar-refractivity contribution in [2.75, 3.05) is 13.2 Å². The van der Waals surface area contributed by atoms with Crippen LogP contribution in [0, 0.1) is 14.1 Å². The van der Waals surface area contributed by atoms with E-state index in [4.69, 9.17) is 19.7 Å². The Morgan fingerprint density at radius 3 is 1.77 bits per heavy atom. The molecule has 0 unspecified atom stereocenters. The van der Waals surface area contributed by atoms with E-state index in [9.17, 15) is 9.59 Å². The number of aromatic hydroxyl groups is 1. The maximum atomic E-state index is 11.3. The third-order valence-corrected chi connectivity index (χ3v) is 4.60. The van der Waals surface area contributed by atoms with E-state index >= 15 is 0 Å². The second kappa shape index (κ2) is 16.9. The first-order chi connectivity index (χ1) is 14.6. The number of rotatable bonds is 6. The summed E-state index contributed by atoms with van der Waals surface area (Å²) in [7, 11) is 0. The summed E-state index contributed by atoms with van der Waals surface area (Å²) in [5.41, 5.74) is 0. The van der Waals surface area contributed by atoms with E-state index in [1.165, 1.54) is 6.92 Å². The monoisotopic (exact) mass is 657 g/mol. The number of aliphatic hydroxyl groups is 1. The fourth-order valence-electron chi connectivity index (χ4n) is 1.69. The number of halogens is 2. The quantitative estimate of drug-likeness (QED) is 0.271. The number of ether oxygens (including phenoxy) is 3. The van der Waals surface area contributed by atoms with E-state index in [1.54, 1.807) is 26.0 Å². The minimum Gasteiger partial charge on any atom is -0.508 e. The van der Waals surface area contributed by atoms with Gasteiger partial charge in [0.1, 0.15) is 24.5 Å². The fraction of sp³-hybridized carbons (Fsp3) is 0.318. The van der Waals surface area contributed by atoms with Crippen LogP contribution in [0.2, 0.25) is 0 Å². The van der Waals surface area contributed by atoms with Crippen molar-refractivity contribution in [3.8, 4) is 11.5 Å². The minimum absolute atomic E-state index is 0.0731. The topological polar surface area (TPSA) is 102 Å². The number of benzene rings is 2. The molecule has 0 heterocycles. The average molecular weight is 657 g/mol. The largest absolute Gasteiger partial charge is 0.508 e. The standard InChI is InChI=1S/C11H13IO3.C6H5IO.C5H9O3/c1-3-14-11(13)8(2)15-10-6-4-9(12)5-7-10;7-5-1-3-6(8)4-2-5;1-3-8-5(7)4(2)6/h4-8H,3H2,1-2H3;1-4,8H;4,6H,1,3H2,2H3/q;;+1/t8-;;4-/m1.0/s1. The van der Waals surface area contributed by atoms with Crippen molar-refractivity contribution in [2.45, 2.75) is 33.0 Å². The summed E-state index contributed by atoms with van der Waals surface area (Å²) in [5.74, 6) is 0.0393. The van der Waals surface area contributed by atoms with Gasteiger partial charge in [0.15, 0.2) is 6.10 Å². The lowest BCUT2D eigenvalue weighted by Crippen LogP contribution is -2.25. The van der Waals surface area contributed by atoms with Gasteiger partial charge in [-0.25, -0.2) is 9.59 Å². The number of aliphatic hydroxyl groups excluding tert-OH is 1. The van der Waals surface area contributed by atoms with Crippen molar-refractivity contribution < 1.29 is 34.0 Å². The van der Waals surface area contributed by atoms with E-state index in [0.29, 0.717) is 18.1 Å². The van der Waals surface area contributed by atoms with Crippen LogP contribution < -0.4 is 4.74 Å². The Bertz CT molecular complexity index is 741. The molecule has 0 amide bonds. The van der Waals surface area contributed by atoms with Crippen LogP contribution >= 0.6 is 45.2 Å². The molecule has 0 radical (unpaired) electrons. The number of esters is 2. The summed E-state index contributed by atoms with van der Waals surface area (Å²) < 4.78 is 16.8. The van der Waals surface area contributed by atoms with Gasteiger partial charge in [0.05, 0.1) is 6.61 Å². The van der Waals surface area contributed by atoms with Crippen LogP contribution in [0.4, 0.5) is 0 Å². The first kappa shape index (κ1) is 29.3. The molecule has 0 aromatic heterocycles. The molecule has 0 aliphatic rings. The Labute approximate surface area is 210 Å². The Balaban J connectivity index is 0.000000477. The smallest absolute Gasteiger partial charge is 0.347 e. The summed E-state index contributed by atoms with van der Waals surface area (Å²) in [6.45, 7) is 8.50. The second-order valence-corrected chi connectivity index (χ2v) is 8.28. The molecule has 170 valence electrons. The molecular weight excluding hydrogens is 630 g/mol. The normalized spacial score (nSPS) is 11.4. The molecule has 31 heavy (non-hydrogen) atoms. The van der Waals surface area contributed by atoms with Crippen LogP contribution in [-0.2, 0) is 19.1 Å². The van der Waals surface area contributed by atoms with E-state index in [0.717, 1.165) is 7.14 Å². The van der Waals surface area contributed by atoms with E-state index in [-0.39, 0.29) is 12.6 Å². The van der Waals surface area contributed by atoms with Crippen LogP contribution in [0.1, 0.15) is 20.8 Å². The number of carbonyl (C=O) groups is 2. The zero-order valence-electron chi connectivity index (χ0n) is 17.6. The predicted octanol–water partition coefficient (Wildman–Crippen LogP) is 4.36. The zero-order valence-corrected chi connectivity index (χ0v) is 21.9. The second-order valence-electron chi connectivity index (χ2n) is 5.79. The third kappa shape index (κ3) is 14.8. The van der Waals surface area contributed by atoms with Gasteiger partial charge in [-0.05, 0) is 114 Å². The molecule has 0 saturated carbocycles. The SMILES string of the molecule is CCOC(=O)[C@@H](C)Oc1ccc(I)cc1.Oc1ccc(I)cc1.[CH2+]COC(=O)[C@H](C)O. The van der Waals surface area contributed by atoms with Crippen LogP contribution in [-0.4, -0.2) is 47.6 Å². The molecule has 2 aromatic rings. The minimum atomic E-state index is -1.03. The van der Waals surface area contributed by atoms with Gasteiger partial charge in [-0.2, -0.15) is 0 Å². The predicted molar refractivity (Wildman–Crippen MR) is 135 cm³/mol. The van der Waals surface area contributed by atoms with Crippen LogP contribution in [0.5, 0.6) is 11.5 Å². The summed E-state index contributed by atoms with van der Waals surface area (Å²) in [4.78, 5) is 21.5. The number of phenolic OH excluding ortho intramolecular Hbond substituents is 1. The molecule has 0 aliphatic carbocycles. The Hall–Kier alpha value is -1.73. The van der Waals surface area contributed by atoms with Gasteiger partial charge in [-0.15, -0.1) is 0 Å². The number of carbonyl (C=O) groups excluding carboxylic acids is 2. The van der Waals surface area contributed by atoms with Gasteiger partial charge in [-0.1, -0.05) is 0 Å². The van der Waals surface area contributed by atoms with E-state index in [2.05, 4.69) is 56.8 Å². The molecule has 0 bridgehead atoms. The molecule has 2 atom stereocenters. The van der Waals surface area contributed by atoms with Crippen molar-refractivity contribution in [3.63, 3.8) is 0 Å². The lowest BCUT2D eigenvalue weighted by molar-refractivity contribution is -0.151. The van der Waals surface area contributed by atoms with Gasteiger partial charge in [0.2, 0.25) is 6.61 Å². The molecule has 0 spiro atoms. The third-order valence-electron chi connectivity index (χ3n) is 3.16. The zero-order chi connectivity index (χ0) is 23.8. The summed E-state index contributed by atoms with van der Waals surface area (Å²) >= 11 is 4.40. The van der Waals surface area contributed by atoms with Crippen LogP contribution in [0.25, 0.3) is 0 Å². The van der Waals surface area contributed by atoms with Gasteiger partial charge >= 0.3 is 11.9 Å². The van der Waals surface area contributed by atoms with Crippen LogP contribution in [0.15, 0.2) is 48.5 Å². The molecule has 0 saturated heterocycles. The summed E-state index contributed by atoms with van der Waals surface area (Å²) in [6.07, 6.45) is -1.60. The van der Waals surface area contributed by atoms with Crippen molar-refractivity contribution >= 4 is 57.1 Å². The highest BCUT2D eigenvalue weighted by molar-refractivity contribution is 14.1. The summed E-state index contributed by atoms with van der Waals surface area (Å²) in [5, 5.41) is 17.2. The van der Waals surface area contributed by atoms with Crippen molar-refractivity contribution in [3.05, 3.63) is 62.6 Å². The highest BCUT2D eigenvalue weighted by Crippen LogP contribution is 2.15. The fourth-order valence-corrected chi connectivity index (χ4v) is 2.41.